The molecule has 0 spiro atoms. The maximum absolute atomic E-state index is 3.57. The topological polar surface area (TPSA) is 0 Å². The summed E-state index contributed by atoms with van der Waals surface area (Å²) < 4.78 is 0. The molecule has 44 valence electrons. The lowest BCUT2D eigenvalue weighted by Crippen LogP contribution is -1.61. The number of hydrogen-bond acceptors (Lipinski definition) is 0. The number of rotatable bonds is 2. The van der Waals surface area contributed by atoms with Gasteiger partial charge in [0.15, 0.2) is 0 Å². The van der Waals surface area contributed by atoms with Gasteiger partial charge in [0.2, 0.25) is 0 Å². The molecule has 0 aliphatic rings. The van der Waals surface area contributed by atoms with Gasteiger partial charge in [0, 0.05) is 0 Å². The number of hydrogen-bond donors (Lipinski definition) is 0. The Hall–Kier alpha value is -0.780. The van der Waals surface area contributed by atoms with E-state index in [1.54, 1.807) is 6.08 Å². The minimum Gasteiger partial charge on any atom is -0.0991 e. The van der Waals surface area contributed by atoms with Crippen molar-refractivity contribution in [1.82, 2.24) is 0 Å². The minimum absolute atomic E-state index is 1.24. The summed E-state index contributed by atoms with van der Waals surface area (Å²) in [6.07, 6.45) is 7.81. The number of allylic oxidation sites excluding steroid dienone is 5. The summed E-state index contributed by atoms with van der Waals surface area (Å²) in [5.41, 5.74) is 1.24. The molecule has 0 heteroatoms. The molecule has 0 saturated heterocycles. The molecule has 8 heavy (non-hydrogen) atoms. The Morgan fingerprint density at radius 2 is 2.12 bits per heavy atom. The van der Waals surface area contributed by atoms with Gasteiger partial charge in [-0.1, -0.05) is 36.5 Å². The molecule has 0 atom stereocenters. The molecule has 0 N–H and O–H groups in total. The van der Waals surface area contributed by atoms with Crippen LogP contribution in [0.15, 0.2) is 36.5 Å². The Morgan fingerprint density at radius 3 is 2.50 bits per heavy atom. The second kappa shape index (κ2) is 4.38. The van der Waals surface area contributed by atoms with Crippen molar-refractivity contribution < 1.29 is 0 Å². The summed E-state index contributed by atoms with van der Waals surface area (Å²) in [5.74, 6) is 0. The molecule has 0 fully saturated rings. The van der Waals surface area contributed by atoms with E-state index in [9.17, 15) is 0 Å². The zero-order valence-corrected chi connectivity index (χ0v) is 5.52. The Labute approximate surface area is 51.2 Å². The fourth-order valence-corrected chi connectivity index (χ4v) is 0.504. The maximum atomic E-state index is 3.57. The highest BCUT2D eigenvalue weighted by Crippen LogP contribution is 1.92. The van der Waals surface area contributed by atoms with Crippen molar-refractivity contribution in [3.8, 4) is 0 Å². The zero-order valence-electron chi connectivity index (χ0n) is 5.52. The smallest absolute Gasteiger partial charge is 0.0398 e. The molecule has 0 rings (SSSR count). The third-order valence-electron chi connectivity index (χ3n) is 0.810. The average Bonchev–Trinajstić information content (AvgIpc) is 1.68. The predicted octanol–water partition coefficient (Wildman–Crippen LogP) is 2.69. The Kier molecular flexibility index (Phi) is 3.95. The van der Waals surface area contributed by atoms with Crippen molar-refractivity contribution >= 4 is 0 Å². The van der Waals surface area contributed by atoms with Crippen LogP contribution in [-0.4, -0.2) is 0 Å². The van der Waals surface area contributed by atoms with E-state index in [0.29, 0.717) is 0 Å². The summed E-state index contributed by atoms with van der Waals surface area (Å²) >= 11 is 0. The molecule has 0 aromatic heterocycles. The average molecular weight is 108 g/mol. The minimum atomic E-state index is 1.24. The van der Waals surface area contributed by atoms with Crippen LogP contribution in [0.3, 0.4) is 0 Å². The third kappa shape index (κ3) is 3.41. The Morgan fingerprint density at radius 1 is 1.50 bits per heavy atom. The van der Waals surface area contributed by atoms with Gasteiger partial charge in [-0.2, -0.15) is 0 Å². The third-order valence-corrected chi connectivity index (χ3v) is 0.810. The molecule has 0 aliphatic heterocycles. The van der Waals surface area contributed by atoms with Crippen molar-refractivity contribution in [2.24, 2.45) is 0 Å². The molecule has 0 amide bonds. The van der Waals surface area contributed by atoms with E-state index in [-0.39, 0.29) is 0 Å². The van der Waals surface area contributed by atoms with E-state index in [2.05, 4.69) is 6.58 Å². The van der Waals surface area contributed by atoms with Crippen LogP contribution in [0.1, 0.15) is 13.8 Å². The second-order valence-electron chi connectivity index (χ2n) is 1.65. The van der Waals surface area contributed by atoms with Crippen molar-refractivity contribution in [2.45, 2.75) is 13.8 Å². The Bertz CT molecular complexity index is 116. The predicted molar refractivity (Wildman–Crippen MR) is 38.8 cm³/mol. The first-order valence-corrected chi connectivity index (χ1v) is 2.73. The van der Waals surface area contributed by atoms with Crippen LogP contribution in [0.25, 0.3) is 0 Å². The first kappa shape index (κ1) is 7.22. The molecule has 0 aromatic rings. The molecule has 0 heterocycles. The first-order valence-electron chi connectivity index (χ1n) is 2.73. The van der Waals surface area contributed by atoms with Crippen LogP contribution in [0.4, 0.5) is 0 Å². The first-order chi connectivity index (χ1) is 3.81. The highest BCUT2D eigenvalue weighted by atomic mass is 13.8. The van der Waals surface area contributed by atoms with Gasteiger partial charge >= 0.3 is 0 Å². The lowest BCUT2D eigenvalue weighted by atomic mass is 10.2. The summed E-state index contributed by atoms with van der Waals surface area (Å²) in [6.45, 7) is 7.62. The molecule has 0 unspecified atom stereocenters. The van der Waals surface area contributed by atoms with E-state index in [0.717, 1.165) is 0 Å². The maximum Gasteiger partial charge on any atom is -0.0398 e. The van der Waals surface area contributed by atoms with Crippen molar-refractivity contribution in [3.05, 3.63) is 36.5 Å². The van der Waals surface area contributed by atoms with Gasteiger partial charge in [-0.05, 0) is 13.8 Å². The molecular formula is C8H12. The van der Waals surface area contributed by atoms with Crippen LogP contribution in [0.5, 0.6) is 0 Å². The van der Waals surface area contributed by atoms with Crippen LogP contribution < -0.4 is 0 Å². The summed E-state index contributed by atoms with van der Waals surface area (Å²) in [4.78, 5) is 0. The largest absolute Gasteiger partial charge is 0.0991 e. The summed E-state index contributed by atoms with van der Waals surface area (Å²) in [7, 11) is 0. The van der Waals surface area contributed by atoms with E-state index in [1.807, 2.05) is 32.1 Å². The normalized spacial score (nSPS) is 12.5. The zero-order chi connectivity index (χ0) is 6.41. The molecule has 0 bridgehead atoms. The van der Waals surface area contributed by atoms with Crippen LogP contribution in [0, 0.1) is 0 Å². The standard InChI is InChI=1S/C8H12/c1-4-6-8(3)7-5-2/h4-7H,1H2,2-3H3/b7-5+,8-6+. The van der Waals surface area contributed by atoms with Crippen molar-refractivity contribution in [3.63, 3.8) is 0 Å². The van der Waals surface area contributed by atoms with Gasteiger partial charge in [-0.3, -0.25) is 0 Å². The Balaban J connectivity index is 3.79. The fraction of sp³-hybridized carbons (Fsp3) is 0.250. The second-order valence-corrected chi connectivity index (χ2v) is 1.65. The molecule has 0 aliphatic carbocycles. The summed E-state index contributed by atoms with van der Waals surface area (Å²) in [6, 6.07) is 0. The molecule has 0 aromatic carbocycles. The van der Waals surface area contributed by atoms with Gasteiger partial charge in [-0.25, -0.2) is 0 Å². The van der Waals surface area contributed by atoms with E-state index >= 15 is 0 Å². The molecule has 0 saturated carbocycles. The van der Waals surface area contributed by atoms with Gasteiger partial charge in [0.1, 0.15) is 0 Å². The van der Waals surface area contributed by atoms with Crippen LogP contribution >= 0.6 is 0 Å². The fourth-order valence-electron chi connectivity index (χ4n) is 0.504. The lowest BCUT2D eigenvalue weighted by Gasteiger charge is -1.82. The van der Waals surface area contributed by atoms with Gasteiger partial charge in [0.25, 0.3) is 0 Å². The van der Waals surface area contributed by atoms with Crippen molar-refractivity contribution in [2.75, 3.05) is 0 Å². The highest BCUT2D eigenvalue weighted by molar-refractivity contribution is 5.19. The molecule has 0 nitrogen and oxygen atoms in total. The SMILES string of the molecule is C=C/C=C(C)/C=C/C. The quantitative estimate of drug-likeness (QED) is 0.477. The van der Waals surface area contributed by atoms with Gasteiger partial charge < -0.3 is 0 Å². The molecule has 0 radical (unpaired) electrons. The lowest BCUT2D eigenvalue weighted by molar-refractivity contribution is 1.51. The van der Waals surface area contributed by atoms with Crippen LogP contribution in [0.2, 0.25) is 0 Å². The van der Waals surface area contributed by atoms with E-state index in [1.165, 1.54) is 5.57 Å². The van der Waals surface area contributed by atoms with Gasteiger partial charge in [-0.15, -0.1) is 0 Å². The monoisotopic (exact) mass is 108 g/mol. The van der Waals surface area contributed by atoms with Crippen molar-refractivity contribution in [1.29, 1.82) is 0 Å². The van der Waals surface area contributed by atoms with E-state index < -0.39 is 0 Å². The van der Waals surface area contributed by atoms with Gasteiger partial charge in [0.05, 0.1) is 0 Å². The molecular weight excluding hydrogens is 96.1 g/mol. The highest BCUT2D eigenvalue weighted by Gasteiger charge is 1.71. The van der Waals surface area contributed by atoms with E-state index in [4.69, 9.17) is 0 Å². The summed E-state index contributed by atoms with van der Waals surface area (Å²) in [5, 5.41) is 0. The van der Waals surface area contributed by atoms with Crippen LogP contribution in [-0.2, 0) is 0 Å².